The number of aliphatic hydroxyl groups excluding tert-OH is 2. The summed E-state index contributed by atoms with van der Waals surface area (Å²) >= 11 is 22.6. The smallest absolute Gasteiger partial charge is 0.417 e. The molecule has 2 atom stereocenters. The van der Waals surface area contributed by atoms with Crippen molar-refractivity contribution in [1.29, 1.82) is 0 Å². The Morgan fingerprint density at radius 3 is 1.53 bits per heavy atom. The number of rotatable bonds is 8. The number of aromatic carboxylic acids is 1. The molecule has 2 fully saturated rings. The van der Waals surface area contributed by atoms with Crippen LogP contribution in [0.5, 0.6) is 0 Å². The van der Waals surface area contributed by atoms with Gasteiger partial charge in [0.2, 0.25) is 0 Å². The molecule has 1 amide bonds. The molecule has 4 aromatic rings. The van der Waals surface area contributed by atoms with Gasteiger partial charge in [-0.2, -0.15) is 26.3 Å². The molecule has 15 nitrogen and oxygen atoms in total. The first-order valence-electron chi connectivity index (χ1n) is 19.4. The first-order chi connectivity index (χ1) is 30.7. The molecule has 2 aliphatic heterocycles. The SMILES string of the molecule is C.CC1(C)CN(C(=O)c2ncc(Cl)cc2NS(=O)(=O)c2ccc(Cl)c(C(F)(F)F)c2)CCC1O.CC1(C)CNCCC1O.O=C(O)c1ncc(Cl)cc1NS(=O)(=O)c1ccc(Cl)c(C(F)(F)F)c1. The van der Waals surface area contributed by atoms with E-state index in [0.29, 0.717) is 18.6 Å². The van der Waals surface area contributed by atoms with Crippen LogP contribution in [0.3, 0.4) is 0 Å². The third-order valence-electron chi connectivity index (χ3n) is 10.2. The number of alkyl halides is 6. The fraction of sp³-hybridized carbons (Fsp3) is 0.415. The highest BCUT2D eigenvalue weighted by Gasteiger charge is 2.39. The molecular formula is C41H46Cl4F6N6O9S2. The predicted octanol–water partition coefficient (Wildman–Crippen LogP) is 9.35. The quantitative estimate of drug-likeness (QED) is 0.0908. The largest absolute Gasteiger partial charge is 0.476 e. The first-order valence-corrected chi connectivity index (χ1v) is 23.8. The van der Waals surface area contributed by atoms with Crippen LogP contribution in [0.4, 0.5) is 37.7 Å². The van der Waals surface area contributed by atoms with E-state index < -0.39 is 98.1 Å². The number of carbonyl (C=O) groups excluding carboxylic acids is 1. The van der Waals surface area contributed by atoms with Gasteiger partial charge in [0.1, 0.15) is 0 Å². The second-order valence-electron chi connectivity index (χ2n) is 16.4. The van der Waals surface area contributed by atoms with Gasteiger partial charge < -0.3 is 25.5 Å². The maximum Gasteiger partial charge on any atom is 0.417 e. The minimum Gasteiger partial charge on any atom is -0.476 e. The summed E-state index contributed by atoms with van der Waals surface area (Å²) < 4.78 is 132. The number of benzene rings is 2. The van der Waals surface area contributed by atoms with Crippen molar-refractivity contribution in [3.8, 4) is 0 Å². The van der Waals surface area contributed by atoms with Crippen LogP contribution in [0.15, 0.2) is 70.7 Å². The number of aliphatic hydroxyl groups is 2. The lowest BCUT2D eigenvalue weighted by Gasteiger charge is -2.41. The Kier molecular flexibility index (Phi) is 19.0. The van der Waals surface area contributed by atoms with E-state index in [-0.39, 0.29) is 53.5 Å². The summed E-state index contributed by atoms with van der Waals surface area (Å²) in [6.07, 6.45) is -7.12. The molecule has 0 bridgehead atoms. The monoisotopic (exact) mass is 1080 g/mol. The third kappa shape index (κ3) is 14.9. The van der Waals surface area contributed by atoms with E-state index in [0.717, 1.165) is 68.3 Å². The number of likely N-dealkylation sites (tertiary alicyclic amines) is 1. The summed E-state index contributed by atoms with van der Waals surface area (Å²) in [4.78, 5) is 31.6. The molecule has 27 heteroatoms. The van der Waals surface area contributed by atoms with Crippen molar-refractivity contribution in [3.63, 3.8) is 0 Å². The van der Waals surface area contributed by atoms with Crippen LogP contribution >= 0.6 is 46.4 Å². The van der Waals surface area contributed by atoms with Crippen molar-refractivity contribution >= 4 is 89.7 Å². The zero-order valence-electron chi connectivity index (χ0n) is 35.4. The maximum absolute atomic E-state index is 13.2. The molecule has 2 aromatic carbocycles. The number of anilines is 2. The van der Waals surface area contributed by atoms with Gasteiger partial charge in [0.05, 0.1) is 64.6 Å². The van der Waals surface area contributed by atoms with E-state index in [9.17, 15) is 63.0 Å². The molecular weight excluding hydrogens is 1040 g/mol. The molecule has 0 aliphatic carbocycles. The van der Waals surface area contributed by atoms with E-state index in [1.54, 1.807) is 13.8 Å². The number of nitrogens with zero attached hydrogens (tertiary/aromatic N) is 3. The van der Waals surface area contributed by atoms with E-state index in [2.05, 4.69) is 33.9 Å². The fourth-order valence-electron chi connectivity index (χ4n) is 6.39. The number of sulfonamides is 2. The summed E-state index contributed by atoms with van der Waals surface area (Å²) in [6, 6.07) is 6.20. The van der Waals surface area contributed by atoms with Crippen molar-refractivity contribution in [2.45, 2.75) is 82.3 Å². The lowest BCUT2D eigenvalue weighted by molar-refractivity contribution is -0.138. The highest BCUT2D eigenvalue weighted by Crippen LogP contribution is 2.38. The van der Waals surface area contributed by atoms with Gasteiger partial charge in [-0.05, 0) is 67.9 Å². The highest BCUT2D eigenvalue weighted by atomic mass is 35.5. The Labute approximate surface area is 408 Å². The Balaban J connectivity index is 0.000000308. The van der Waals surface area contributed by atoms with Gasteiger partial charge in [-0.25, -0.2) is 31.6 Å². The number of carboxylic acid groups (broad SMARTS) is 1. The zero-order valence-corrected chi connectivity index (χ0v) is 40.1. The summed E-state index contributed by atoms with van der Waals surface area (Å²) in [7, 11) is -9.12. The second-order valence-corrected chi connectivity index (χ2v) is 21.4. The molecule has 2 aromatic heterocycles. The van der Waals surface area contributed by atoms with Crippen LogP contribution < -0.4 is 14.8 Å². The Morgan fingerprint density at radius 2 is 1.15 bits per heavy atom. The number of carbonyl (C=O) groups is 2. The van der Waals surface area contributed by atoms with Gasteiger partial charge in [-0.3, -0.25) is 14.2 Å². The van der Waals surface area contributed by atoms with Crippen molar-refractivity contribution in [2.75, 3.05) is 35.6 Å². The zero-order chi connectivity index (χ0) is 50.7. The van der Waals surface area contributed by atoms with Crippen molar-refractivity contribution in [2.24, 2.45) is 10.8 Å². The number of pyridine rings is 2. The van der Waals surface area contributed by atoms with Gasteiger partial charge in [0, 0.05) is 42.9 Å². The molecule has 6 rings (SSSR count). The van der Waals surface area contributed by atoms with Gasteiger partial charge in [-0.1, -0.05) is 81.5 Å². The minimum absolute atomic E-state index is 0. The molecule has 376 valence electrons. The molecule has 0 spiro atoms. The molecule has 4 heterocycles. The molecule has 6 N–H and O–H groups in total. The number of halogens is 10. The van der Waals surface area contributed by atoms with Crippen LogP contribution in [0, 0.1) is 10.8 Å². The first kappa shape index (κ1) is 58.1. The minimum atomic E-state index is -4.87. The summed E-state index contributed by atoms with van der Waals surface area (Å²) in [5.41, 5.74) is -4.92. The van der Waals surface area contributed by atoms with Crippen molar-refractivity contribution in [1.82, 2.24) is 20.2 Å². The highest BCUT2D eigenvalue weighted by molar-refractivity contribution is 7.93. The van der Waals surface area contributed by atoms with Crippen LogP contribution in [0.25, 0.3) is 0 Å². The average Bonchev–Trinajstić information content (AvgIpc) is 3.19. The summed E-state index contributed by atoms with van der Waals surface area (Å²) in [5, 5.41) is 30.4. The number of piperidine rings is 2. The molecule has 0 saturated carbocycles. The Bertz CT molecular complexity index is 2720. The lowest BCUT2D eigenvalue weighted by Crippen LogP contribution is -2.50. The van der Waals surface area contributed by atoms with Gasteiger partial charge in [0.15, 0.2) is 11.4 Å². The van der Waals surface area contributed by atoms with E-state index in [4.69, 9.17) is 51.5 Å². The Morgan fingerprint density at radius 1 is 0.721 bits per heavy atom. The van der Waals surface area contributed by atoms with Crippen LogP contribution in [0.1, 0.15) is 80.1 Å². The number of aromatic nitrogens is 2. The van der Waals surface area contributed by atoms with Gasteiger partial charge in [-0.15, -0.1) is 0 Å². The molecule has 2 aliphatic rings. The average molecular weight is 1090 g/mol. The molecule has 2 unspecified atom stereocenters. The number of carboxylic acids is 1. The molecule has 2 saturated heterocycles. The third-order valence-corrected chi connectivity index (χ3v) is 14.0. The van der Waals surface area contributed by atoms with Crippen molar-refractivity contribution < 1.29 is 68.1 Å². The molecule has 0 radical (unpaired) electrons. The van der Waals surface area contributed by atoms with Crippen LogP contribution in [-0.2, 0) is 32.4 Å². The Hall–Kier alpha value is -4.20. The predicted molar refractivity (Wildman–Crippen MR) is 244 cm³/mol. The van der Waals surface area contributed by atoms with E-state index in [1.807, 2.05) is 4.72 Å². The standard InChI is InChI=1S/C20H20Cl2F3N3O4S.C13H7Cl2F3N2O4S.C7H15NO.CH4/c1-19(2)10-28(6-5-16(19)29)18(30)17-15(7-11(21)9-26-17)27-33(31,32)12-3-4-14(22)13(8-12)20(23,24)25;14-6-3-10(11(12(21)22)19-5-6)20-25(23,24)7-1-2-9(15)8(4-7)13(16,17)18;1-7(2)5-8-4-3-6(7)9;/h3-4,7-9,16,27,29H,5-6,10H2,1-2H3;1-5,20H,(H,21,22);6,8-9H,3-5H2,1-2H3;1H4. The fourth-order valence-corrected chi connectivity index (χ4v) is 9.32. The number of nitrogens with one attached hydrogen (secondary N) is 3. The maximum atomic E-state index is 13.2. The summed E-state index contributed by atoms with van der Waals surface area (Å²) in [6.45, 7) is 10.1. The number of hydrogen-bond acceptors (Lipinski definition) is 11. The topological polar surface area (TPSA) is 228 Å². The van der Waals surface area contributed by atoms with Gasteiger partial charge >= 0.3 is 18.3 Å². The lowest BCUT2D eigenvalue weighted by atomic mass is 9.81. The van der Waals surface area contributed by atoms with Crippen LogP contribution in [0.2, 0.25) is 20.1 Å². The normalized spacial score (nSPS) is 18.1. The van der Waals surface area contributed by atoms with Gasteiger partial charge in [0.25, 0.3) is 26.0 Å². The van der Waals surface area contributed by atoms with E-state index in [1.165, 1.54) is 4.90 Å². The number of hydrogen-bond donors (Lipinski definition) is 6. The van der Waals surface area contributed by atoms with Crippen molar-refractivity contribution in [3.05, 3.63) is 104 Å². The second kappa shape index (κ2) is 22.3. The van der Waals surface area contributed by atoms with Crippen LogP contribution in [-0.4, -0.2) is 97.3 Å². The molecule has 68 heavy (non-hydrogen) atoms. The summed E-state index contributed by atoms with van der Waals surface area (Å²) in [5.74, 6) is -2.17. The number of amides is 1. The van der Waals surface area contributed by atoms with E-state index >= 15 is 0 Å².